The van der Waals surface area contributed by atoms with Crippen LogP contribution < -0.4 is 11.1 Å². The molecule has 3 rings (SSSR count). The third-order valence-electron chi connectivity index (χ3n) is 6.26. The van der Waals surface area contributed by atoms with E-state index in [2.05, 4.69) is 30.1 Å². The van der Waals surface area contributed by atoms with Gasteiger partial charge in [-0.2, -0.15) is 5.26 Å². The molecule has 1 aliphatic heterocycles. The maximum atomic E-state index is 13.4. The van der Waals surface area contributed by atoms with Crippen molar-refractivity contribution in [3.8, 4) is 6.07 Å². The molecule has 0 aromatic heterocycles. The maximum absolute atomic E-state index is 13.4. The minimum Gasteiger partial charge on any atom is -0.353 e. The molecule has 3 N–H and O–H groups in total. The predicted molar refractivity (Wildman–Crippen MR) is 133 cm³/mol. The fraction of sp³-hybridized carbons (Fsp3) is 0.444. The van der Waals surface area contributed by atoms with Crippen molar-refractivity contribution in [1.29, 1.82) is 5.26 Å². The first-order valence-electron chi connectivity index (χ1n) is 12.1. The molecule has 2 aromatic rings. The molecule has 1 saturated heterocycles. The lowest BCUT2D eigenvalue weighted by molar-refractivity contribution is -0.127. The van der Waals surface area contributed by atoms with E-state index in [-0.39, 0.29) is 17.9 Å². The molecular formula is C27H34FN5O2. The fourth-order valence-electron chi connectivity index (χ4n) is 4.57. The first-order chi connectivity index (χ1) is 16.8. The number of amides is 2. The number of nitrogens with two attached hydrogens (primary N) is 1. The number of nitriles is 1. The van der Waals surface area contributed by atoms with Gasteiger partial charge in [-0.25, -0.2) is 4.39 Å². The molecule has 35 heavy (non-hydrogen) atoms. The van der Waals surface area contributed by atoms with Crippen molar-refractivity contribution in [2.24, 2.45) is 11.7 Å². The number of nitrogens with one attached hydrogen (secondary N) is 1. The summed E-state index contributed by atoms with van der Waals surface area (Å²) in [5.74, 6) is -0.501. The summed E-state index contributed by atoms with van der Waals surface area (Å²) < 4.78 is 13.4. The van der Waals surface area contributed by atoms with Gasteiger partial charge in [0.25, 0.3) is 5.91 Å². The van der Waals surface area contributed by atoms with Crippen LogP contribution in [0.15, 0.2) is 48.5 Å². The number of hydrogen-bond acceptors (Lipinski definition) is 5. The molecule has 186 valence electrons. The van der Waals surface area contributed by atoms with Gasteiger partial charge in [0, 0.05) is 44.3 Å². The van der Waals surface area contributed by atoms with Crippen molar-refractivity contribution >= 4 is 11.8 Å². The SMILES string of the molecule is CC(C)CN(Cc1ccc(C#N)cc1)C1CCN(C(=O)c2ccc(F)cc2)[C@@H](C(=O)NCCN)C1. The monoisotopic (exact) mass is 479 g/mol. The molecule has 0 radical (unpaired) electrons. The van der Waals surface area contributed by atoms with Gasteiger partial charge in [0.1, 0.15) is 11.9 Å². The van der Waals surface area contributed by atoms with Gasteiger partial charge < -0.3 is 16.0 Å². The summed E-state index contributed by atoms with van der Waals surface area (Å²) in [6.07, 6.45) is 1.21. The lowest BCUT2D eigenvalue weighted by Gasteiger charge is -2.43. The maximum Gasteiger partial charge on any atom is 0.254 e. The molecule has 2 amide bonds. The van der Waals surface area contributed by atoms with Crippen LogP contribution in [0.3, 0.4) is 0 Å². The Kier molecular flexibility index (Phi) is 9.35. The van der Waals surface area contributed by atoms with Crippen molar-refractivity contribution in [2.75, 3.05) is 26.2 Å². The average Bonchev–Trinajstić information content (AvgIpc) is 2.86. The number of benzene rings is 2. The highest BCUT2D eigenvalue weighted by molar-refractivity contribution is 5.97. The number of hydrogen-bond donors (Lipinski definition) is 2. The summed E-state index contributed by atoms with van der Waals surface area (Å²) >= 11 is 0. The zero-order valence-corrected chi connectivity index (χ0v) is 20.4. The number of piperidine rings is 1. The van der Waals surface area contributed by atoms with Crippen molar-refractivity contribution in [2.45, 2.75) is 45.3 Å². The van der Waals surface area contributed by atoms with E-state index in [1.807, 2.05) is 24.3 Å². The van der Waals surface area contributed by atoms with Gasteiger partial charge in [-0.05, 0) is 60.7 Å². The van der Waals surface area contributed by atoms with E-state index in [1.165, 1.54) is 24.3 Å². The third kappa shape index (κ3) is 7.10. The lowest BCUT2D eigenvalue weighted by atomic mass is 9.93. The number of nitrogens with zero attached hydrogens (tertiary/aromatic N) is 3. The van der Waals surface area contributed by atoms with Crippen LogP contribution in [-0.4, -0.2) is 59.9 Å². The fourth-order valence-corrected chi connectivity index (χ4v) is 4.57. The van der Waals surface area contributed by atoms with E-state index in [1.54, 1.807) is 4.90 Å². The molecule has 0 spiro atoms. The Labute approximate surface area is 206 Å². The second kappa shape index (κ2) is 12.4. The molecule has 0 bridgehead atoms. The predicted octanol–water partition coefficient (Wildman–Crippen LogP) is 2.90. The third-order valence-corrected chi connectivity index (χ3v) is 6.26. The Morgan fingerprint density at radius 2 is 1.89 bits per heavy atom. The molecule has 0 aliphatic carbocycles. The normalized spacial score (nSPS) is 17.9. The molecule has 2 atom stereocenters. The first kappa shape index (κ1) is 26.3. The van der Waals surface area contributed by atoms with Crippen LogP contribution in [0.2, 0.25) is 0 Å². The van der Waals surface area contributed by atoms with Crippen LogP contribution in [-0.2, 0) is 11.3 Å². The summed E-state index contributed by atoms with van der Waals surface area (Å²) in [4.78, 5) is 30.3. The molecule has 1 heterocycles. The van der Waals surface area contributed by atoms with E-state index < -0.39 is 11.9 Å². The lowest BCUT2D eigenvalue weighted by Crippen LogP contribution is -2.57. The van der Waals surface area contributed by atoms with Crippen LogP contribution in [0, 0.1) is 23.1 Å². The van der Waals surface area contributed by atoms with Crippen LogP contribution in [0.25, 0.3) is 0 Å². The van der Waals surface area contributed by atoms with Crippen LogP contribution in [0.1, 0.15) is 48.2 Å². The van der Waals surface area contributed by atoms with Crippen LogP contribution >= 0.6 is 0 Å². The van der Waals surface area contributed by atoms with E-state index in [0.29, 0.717) is 49.6 Å². The van der Waals surface area contributed by atoms with Gasteiger partial charge in [0.15, 0.2) is 0 Å². The standard InChI is InChI=1S/C27H34FN5O2/c1-19(2)17-32(18-21-5-3-20(16-30)4-6-21)24-11-14-33(25(15-24)26(34)31-13-12-29)27(35)22-7-9-23(28)10-8-22/h3-10,19,24-25H,11-15,17-18,29H2,1-2H3,(H,31,34)/t24?,25-/m1/s1. The van der Waals surface area contributed by atoms with Crippen molar-refractivity contribution in [1.82, 2.24) is 15.1 Å². The van der Waals surface area contributed by atoms with Gasteiger partial charge in [-0.15, -0.1) is 0 Å². The van der Waals surface area contributed by atoms with Gasteiger partial charge in [0.2, 0.25) is 5.91 Å². The quantitative estimate of drug-likeness (QED) is 0.576. The van der Waals surface area contributed by atoms with Crippen LogP contribution in [0.4, 0.5) is 4.39 Å². The number of carbonyl (C=O) groups is 2. The van der Waals surface area contributed by atoms with E-state index in [4.69, 9.17) is 11.0 Å². The van der Waals surface area contributed by atoms with Gasteiger partial charge in [-0.3, -0.25) is 14.5 Å². The van der Waals surface area contributed by atoms with E-state index in [0.717, 1.165) is 18.5 Å². The Balaban J connectivity index is 1.82. The summed E-state index contributed by atoms with van der Waals surface area (Å²) in [5, 5.41) is 11.9. The van der Waals surface area contributed by atoms with Gasteiger partial charge >= 0.3 is 0 Å². The summed E-state index contributed by atoms with van der Waals surface area (Å²) in [7, 11) is 0. The molecule has 1 aliphatic rings. The van der Waals surface area contributed by atoms with Crippen molar-refractivity contribution < 1.29 is 14.0 Å². The molecule has 1 fully saturated rings. The summed E-state index contributed by atoms with van der Waals surface area (Å²) in [5.41, 5.74) is 7.66. The minimum absolute atomic E-state index is 0.0962. The highest BCUT2D eigenvalue weighted by atomic mass is 19.1. The second-order valence-corrected chi connectivity index (χ2v) is 9.41. The van der Waals surface area contributed by atoms with Crippen LogP contribution in [0.5, 0.6) is 0 Å². The Hall–Kier alpha value is -3.28. The Bertz CT molecular complexity index is 1030. The Morgan fingerprint density at radius 3 is 2.49 bits per heavy atom. The minimum atomic E-state index is -0.645. The van der Waals surface area contributed by atoms with Crippen molar-refractivity contribution in [3.05, 3.63) is 71.0 Å². The molecular weight excluding hydrogens is 445 g/mol. The number of carbonyl (C=O) groups excluding carboxylic acids is 2. The highest BCUT2D eigenvalue weighted by Gasteiger charge is 2.38. The van der Waals surface area contributed by atoms with Gasteiger partial charge in [0.05, 0.1) is 11.6 Å². The van der Waals surface area contributed by atoms with E-state index >= 15 is 0 Å². The molecule has 2 aromatic carbocycles. The van der Waals surface area contributed by atoms with E-state index in [9.17, 15) is 14.0 Å². The molecule has 8 heteroatoms. The average molecular weight is 480 g/mol. The number of likely N-dealkylation sites (tertiary alicyclic amines) is 1. The highest BCUT2D eigenvalue weighted by Crippen LogP contribution is 2.26. The topological polar surface area (TPSA) is 102 Å². The number of halogens is 1. The summed E-state index contributed by atoms with van der Waals surface area (Å²) in [6, 6.07) is 14.6. The zero-order chi connectivity index (χ0) is 25.4. The molecule has 7 nitrogen and oxygen atoms in total. The Morgan fingerprint density at radius 1 is 1.20 bits per heavy atom. The van der Waals surface area contributed by atoms with Gasteiger partial charge in [-0.1, -0.05) is 26.0 Å². The second-order valence-electron chi connectivity index (χ2n) is 9.41. The van der Waals surface area contributed by atoms with Crippen molar-refractivity contribution in [3.63, 3.8) is 0 Å². The first-order valence-corrected chi connectivity index (χ1v) is 12.1. The summed E-state index contributed by atoms with van der Waals surface area (Å²) in [6.45, 7) is 6.91. The largest absolute Gasteiger partial charge is 0.353 e. The smallest absolute Gasteiger partial charge is 0.254 e. The zero-order valence-electron chi connectivity index (χ0n) is 20.4. The molecule has 0 saturated carbocycles. The number of rotatable bonds is 9. The molecule has 1 unspecified atom stereocenters.